The van der Waals surface area contributed by atoms with Crippen LogP contribution < -0.4 is 10.1 Å². The predicted octanol–water partition coefficient (Wildman–Crippen LogP) is 5.59. The molecule has 1 N–H and O–H groups in total. The van der Waals surface area contributed by atoms with Crippen LogP contribution in [0.4, 0.5) is 5.95 Å². The van der Waals surface area contributed by atoms with Crippen LogP contribution in [0.1, 0.15) is 20.8 Å². The molecule has 0 aliphatic rings. The molecule has 0 saturated heterocycles. The summed E-state index contributed by atoms with van der Waals surface area (Å²) < 4.78 is 11.2. The zero-order valence-corrected chi connectivity index (χ0v) is 17.0. The third-order valence-corrected chi connectivity index (χ3v) is 5.28. The summed E-state index contributed by atoms with van der Waals surface area (Å²) in [5, 5.41) is 5.27. The minimum absolute atomic E-state index is 0.215. The van der Waals surface area contributed by atoms with E-state index in [9.17, 15) is 4.79 Å². The first-order valence-electron chi connectivity index (χ1n) is 8.73. The van der Waals surface area contributed by atoms with Gasteiger partial charge in [0.05, 0.1) is 11.1 Å². The summed E-state index contributed by atoms with van der Waals surface area (Å²) in [5.74, 6) is 1.30. The maximum absolute atomic E-state index is 12.5. The smallest absolute Gasteiger partial charge is 0.268 e. The number of hydrogen-bond acceptors (Lipinski definition) is 6. The first-order chi connectivity index (χ1) is 14.1. The van der Waals surface area contributed by atoms with Gasteiger partial charge in [-0.2, -0.15) is 0 Å². The number of carbonyl (C=O) groups excluding carboxylic acids is 1. The Kier molecular flexibility index (Phi) is 5.59. The third kappa shape index (κ3) is 4.64. The number of anilines is 1. The van der Waals surface area contributed by atoms with Gasteiger partial charge in [0.1, 0.15) is 18.1 Å². The van der Waals surface area contributed by atoms with Crippen molar-refractivity contribution in [3.05, 3.63) is 81.3 Å². The quantitative estimate of drug-likeness (QED) is 0.435. The van der Waals surface area contributed by atoms with Gasteiger partial charge in [0.2, 0.25) is 5.95 Å². The molecule has 0 aliphatic heterocycles. The third-order valence-electron chi connectivity index (χ3n) is 4.06. The molecule has 0 radical (unpaired) electrons. The van der Waals surface area contributed by atoms with Crippen molar-refractivity contribution in [1.82, 2.24) is 9.97 Å². The Morgan fingerprint density at radius 1 is 1.28 bits per heavy atom. The van der Waals surface area contributed by atoms with E-state index < -0.39 is 0 Å². The number of thiophene rings is 1. The van der Waals surface area contributed by atoms with Gasteiger partial charge >= 0.3 is 0 Å². The van der Waals surface area contributed by atoms with Crippen molar-refractivity contribution in [3.63, 3.8) is 0 Å². The molecule has 0 fully saturated rings. The highest BCUT2D eigenvalue weighted by Gasteiger charge is 2.13. The Labute approximate surface area is 176 Å². The first kappa shape index (κ1) is 19.2. The van der Waals surface area contributed by atoms with Crippen molar-refractivity contribution < 1.29 is 13.9 Å². The summed E-state index contributed by atoms with van der Waals surface area (Å²) in [6, 6.07) is 12.5. The van der Waals surface area contributed by atoms with Crippen molar-refractivity contribution in [1.29, 1.82) is 0 Å². The highest BCUT2D eigenvalue weighted by molar-refractivity contribution is 7.12. The van der Waals surface area contributed by atoms with Crippen molar-refractivity contribution in [2.45, 2.75) is 13.5 Å². The number of halogens is 1. The van der Waals surface area contributed by atoms with Crippen LogP contribution in [0.3, 0.4) is 0 Å². The molecule has 0 aliphatic carbocycles. The van der Waals surface area contributed by atoms with Gasteiger partial charge in [0.15, 0.2) is 5.76 Å². The fourth-order valence-corrected chi connectivity index (χ4v) is 3.67. The molecule has 3 aromatic heterocycles. The second-order valence-corrected chi connectivity index (χ2v) is 7.56. The molecule has 6 nitrogen and oxygen atoms in total. The summed E-state index contributed by atoms with van der Waals surface area (Å²) in [5.41, 5.74) is 2.46. The van der Waals surface area contributed by atoms with Crippen LogP contribution in [0.25, 0.3) is 11.5 Å². The largest absolute Gasteiger partial charge is 0.489 e. The van der Waals surface area contributed by atoms with Crippen LogP contribution in [0.5, 0.6) is 5.75 Å². The standard InChI is InChI=1S/C21H16ClN3O3S/c1-13-9-15(22)4-5-17(13)28-11-14-10-19(29-12-14)20(26)25-21-23-7-6-16(24-21)18-3-2-8-27-18/h2-10,12H,11H2,1H3,(H,23,24,25,26). The van der Waals surface area contributed by atoms with E-state index in [1.54, 1.807) is 42.8 Å². The molecule has 0 spiro atoms. The van der Waals surface area contributed by atoms with Crippen molar-refractivity contribution in [2.24, 2.45) is 0 Å². The lowest BCUT2D eigenvalue weighted by atomic mass is 10.2. The van der Waals surface area contributed by atoms with E-state index in [2.05, 4.69) is 15.3 Å². The molecule has 0 unspecified atom stereocenters. The van der Waals surface area contributed by atoms with Crippen molar-refractivity contribution in [3.8, 4) is 17.2 Å². The highest BCUT2D eigenvalue weighted by atomic mass is 35.5. The Morgan fingerprint density at radius 2 is 2.17 bits per heavy atom. The SMILES string of the molecule is Cc1cc(Cl)ccc1OCc1csc(C(=O)Nc2nccc(-c3ccco3)n2)c1. The minimum Gasteiger partial charge on any atom is -0.489 e. The zero-order chi connectivity index (χ0) is 20.2. The number of carbonyl (C=O) groups is 1. The number of hydrogen-bond donors (Lipinski definition) is 1. The molecule has 4 rings (SSSR count). The number of aromatic nitrogens is 2. The van der Waals surface area contributed by atoms with Crippen LogP contribution in [0.15, 0.2) is 64.7 Å². The van der Waals surface area contributed by atoms with E-state index in [4.69, 9.17) is 20.8 Å². The van der Waals surface area contributed by atoms with Gasteiger partial charge in [-0.1, -0.05) is 11.6 Å². The van der Waals surface area contributed by atoms with Crippen LogP contribution in [0, 0.1) is 6.92 Å². The van der Waals surface area contributed by atoms with E-state index in [1.165, 1.54) is 11.3 Å². The molecule has 4 aromatic rings. The number of aryl methyl sites for hydroxylation is 1. The molecule has 146 valence electrons. The summed E-state index contributed by atoms with van der Waals surface area (Å²) in [4.78, 5) is 21.5. The molecule has 1 amide bonds. The number of amides is 1. The van der Waals surface area contributed by atoms with Gasteiger partial charge in [-0.25, -0.2) is 9.97 Å². The van der Waals surface area contributed by atoms with Crippen LogP contribution in [0.2, 0.25) is 5.02 Å². The van der Waals surface area contributed by atoms with Gasteiger partial charge < -0.3 is 9.15 Å². The molecule has 8 heteroatoms. The monoisotopic (exact) mass is 425 g/mol. The van der Waals surface area contributed by atoms with Crippen LogP contribution in [-0.2, 0) is 6.61 Å². The maximum Gasteiger partial charge on any atom is 0.268 e. The Morgan fingerprint density at radius 3 is 2.97 bits per heavy atom. The summed E-state index contributed by atoms with van der Waals surface area (Å²) in [6.45, 7) is 2.29. The second-order valence-electron chi connectivity index (χ2n) is 6.21. The van der Waals surface area contributed by atoms with Gasteiger partial charge in [0.25, 0.3) is 5.91 Å². The van der Waals surface area contributed by atoms with Crippen molar-refractivity contribution >= 4 is 34.8 Å². The summed E-state index contributed by atoms with van der Waals surface area (Å²) in [7, 11) is 0. The maximum atomic E-state index is 12.5. The fraction of sp³-hybridized carbons (Fsp3) is 0.0952. The lowest BCUT2D eigenvalue weighted by Crippen LogP contribution is -2.13. The lowest BCUT2D eigenvalue weighted by Gasteiger charge is -2.08. The highest BCUT2D eigenvalue weighted by Crippen LogP contribution is 2.24. The average Bonchev–Trinajstić information content (AvgIpc) is 3.40. The molecule has 1 aromatic carbocycles. The first-order valence-corrected chi connectivity index (χ1v) is 9.99. The summed E-state index contributed by atoms with van der Waals surface area (Å²) >= 11 is 7.30. The average molecular weight is 426 g/mol. The van der Waals surface area contributed by atoms with Crippen LogP contribution >= 0.6 is 22.9 Å². The van der Waals surface area contributed by atoms with Gasteiger partial charge in [-0.15, -0.1) is 11.3 Å². The number of furan rings is 1. The number of ether oxygens (including phenoxy) is 1. The van der Waals surface area contributed by atoms with Crippen LogP contribution in [-0.4, -0.2) is 15.9 Å². The van der Waals surface area contributed by atoms with Gasteiger partial charge in [-0.3, -0.25) is 10.1 Å². The fourth-order valence-electron chi connectivity index (χ4n) is 2.65. The van der Waals surface area contributed by atoms with E-state index >= 15 is 0 Å². The summed E-state index contributed by atoms with van der Waals surface area (Å²) in [6.07, 6.45) is 3.14. The normalized spacial score (nSPS) is 10.7. The van der Waals surface area contributed by atoms with E-state index in [1.807, 2.05) is 24.4 Å². The van der Waals surface area contributed by atoms with E-state index in [-0.39, 0.29) is 11.9 Å². The number of rotatable bonds is 6. The number of benzene rings is 1. The van der Waals surface area contributed by atoms with E-state index in [0.29, 0.717) is 28.0 Å². The molecule has 29 heavy (non-hydrogen) atoms. The molecular weight excluding hydrogens is 410 g/mol. The van der Waals surface area contributed by atoms with E-state index in [0.717, 1.165) is 16.9 Å². The Balaban J connectivity index is 1.40. The molecule has 3 heterocycles. The van der Waals surface area contributed by atoms with Gasteiger partial charge in [0, 0.05) is 16.8 Å². The molecule has 0 atom stereocenters. The second kappa shape index (κ2) is 8.46. The minimum atomic E-state index is -0.277. The molecule has 0 saturated carbocycles. The molecule has 0 bridgehead atoms. The predicted molar refractivity (Wildman–Crippen MR) is 113 cm³/mol. The molecular formula is C21H16ClN3O3S. The zero-order valence-electron chi connectivity index (χ0n) is 15.4. The Bertz CT molecular complexity index is 1140. The Hall–Kier alpha value is -3.16. The topological polar surface area (TPSA) is 77.2 Å². The number of nitrogens with zero attached hydrogens (tertiary/aromatic N) is 2. The lowest BCUT2D eigenvalue weighted by molar-refractivity contribution is 0.102. The van der Waals surface area contributed by atoms with Gasteiger partial charge in [-0.05, 0) is 60.3 Å². The number of nitrogens with one attached hydrogen (secondary N) is 1. The van der Waals surface area contributed by atoms with Crippen molar-refractivity contribution in [2.75, 3.05) is 5.32 Å².